The number of para-hydroxylation sites is 1. The molecule has 0 saturated heterocycles. The molecule has 7 heteroatoms. The number of rotatable bonds is 7. The number of carbonyl (C=O) groups excluding carboxylic acids is 1. The number of ether oxygens (including phenoxy) is 4. The smallest absolute Gasteiger partial charge is 0.347 e. The molecule has 0 amide bonds. The van der Waals surface area contributed by atoms with Gasteiger partial charge in [-0.25, -0.2) is 4.79 Å². The van der Waals surface area contributed by atoms with Gasteiger partial charge in [-0.2, -0.15) is 5.26 Å². The molecule has 0 radical (unpaired) electrons. The highest BCUT2D eigenvalue weighted by atomic mass is 16.5. The zero-order valence-electron chi connectivity index (χ0n) is 18.9. The molecule has 0 bridgehead atoms. The third-order valence-electron chi connectivity index (χ3n) is 5.39. The molecule has 1 aliphatic rings. The molecular formula is C27H24N2O5. The van der Waals surface area contributed by atoms with Crippen molar-refractivity contribution in [3.05, 3.63) is 94.9 Å². The van der Waals surface area contributed by atoms with Crippen LogP contribution in [0.1, 0.15) is 40.7 Å². The summed E-state index contributed by atoms with van der Waals surface area (Å²) in [5, 5.41) is 9.80. The van der Waals surface area contributed by atoms with Gasteiger partial charge in [-0.3, -0.25) is 0 Å². The van der Waals surface area contributed by atoms with Gasteiger partial charge in [0.2, 0.25) is 5.88 Å². The Morgan fingerprint density at radius 1 is 1.09 bits per heavy atom. The first-order chi connectivity index (χ1) is 16.5. The van der Waals surface area contributed by atoms with Gasteiger partial charge in [0, 0.05) is 11.6 Å². The van der Waals surface area contributed by atoms with E-state index in [-0.39, 0.29) is 11.6 Å². The first kappa shape index (κ1) is 22.7. The molecule has 1 atom stereocenters. The summed E-state index contributed by atoms with van der Waals surface area (Å²) in [6.45, 7) is 2.63. The van der Waals surface area contributed by atoms with Gasteiger partial charge in [0.05, 0.1) is 19.6 Å². The lowest BCUT2D eigenvalue weighted by molar-refractivity contribution is 0.0731. The van der Waals surface area contributed by atoms with Gasteiger partial charge in [0.1, 0.15) is 40.2 Å². The van der Waals surface area contributed by atoms with Crippen molar-refractivity contribution in [1.82, 2.24) is 0 Å². The van der Waals surface area contributed by atoms with E-state index in [9.17, 15) is 10.1 Å². The molecule has 1 aliphatic heterocycles. The number of hydrogen-bond donors (Lipinski definition) is 1. The first-order valence-electron chi connectivity index (χ1n) is 10.8. The van der Waals surface area contributed by atoms with Crippen LogP contribution >= 0.6 is 0 Å². The molecule has 3 aromatic rings. The number of hydrogen-bond acceptors (Lipinski definition) is 7. The lowest BCUT2D eigenvalue weighted by atomic mass is 9.83. The Hall–Kier alpha value is -4.44. The lowest BCUT2D eigenvalue weighted by Gasteiger charge is -2.27. The molecule has 0 aromatic heterocycles. The van der Waals surface area contributed by atoms with Crippen LogP contribution in [0.25, 0.3) is 0 Å². The number of nitrogens with two attached hydrogens (primary N) is 1. The van der Waals surface area contributed by atoms with Crippen LogP contribution in [-0.4, -0.2) is 19.7 Å². The zero-order chi connectivity index (χ0) is 24.1. The molecule has 3 aromatic carbocycles. The van der Waals surface area contributed by atoms with Crippen LogP contribution in [0.3, 0.4) is 0 Å². The maximum atomic E-state index is 12.7. The second kappa shape index (κ2) is 10.0. The minimum absolute atomic E-state index is 0.00749. The Morgan fingerprint density at radius 2 is 1.91 bits per heavy atom. The molecule has 1 unspecified atom stereocenters. The van der Waals surface area contributed by atoms with Crippen LogP contribution in [0, 0.1) is 11.3 Å². The van der Waals surface area contributed by atoms with Crippen molar-refractivity contribution < 1.29 is 23.7 Å². The van der Waals surface area contributed by atoms with E-state index in [1.54, 1.807) is 42.5 Å². The summed E-state index contributed by atoms with van der Waals surface area (Å²) in [6.07, 6.45) is 0.886. The molecule has 0 saturated carbocycles. The van der Waals surface area contributed by atoms with Gasteiger partial charge >= 0.3 is 5.97 Å². The summed E-state index contributed by atoms with van der Waals surface area (Å²) in [4.78, 5) is 12.7. The molecule has 0 fully saturated rings. The number of carbonyl (C=O) groups is 1. The number of benzene rings is 3. The topological polar surface area (TPSA) is 104 Å². The van der Waals surface area contributed by atoms with E-state index in [1.807, 2.05) is 31.2 Å². The van der Waals surface area contributed by atoms with Crippen molar-refractivity contribution in [2.45, 2.75) is 19.3 Å². The lowest BCUT2D eigenvalue weighted by Crippen LogP contribution is -2.21. The maximum absolute atomic E-state index is 12.7. The second-order valence-electron chi connectivity index (χ2n) is 7.64. The average Bonchev–Trinajstić information content (AvgIpc) is 2.86. The molecule has 1 heterocycles. The van der Waals surface area contributed by atoms with Crippen LogP contribution in [-0.2, 0) is 0 Å². The molecule has 4 rings (SSSR count). The number of fused-ring (bicyclic) bond motifs is 1. The van der Waals surface area contributed by atoms with Gasteiger partial charge in [-0.05, 0) is 42.3 Å². The van der Waals surface area contributed by atoms with Crippen molar-refractivity contribution in [1.29, 1.82) is 5.26 Å². The Labute approximate surface area is 197 Å². The van der Waals surface area contributed by atoms with Gasteiger partial charge in [-0.15, -0.1) is 0 Å². The fourth-order valence-electron chi connectivity index (χ4n) is 3.82. The van der Waals surface area contributed by atoms with Crippen molar-refractivity contribution in [2.24, 2.45) is 5.73 Å². The highest BCUT2D eigenvalue weighted by Crippen LogP contribution is 2.44. The highest BCUT2D eigenvalue weighted by Gasteiger charge is 2.31. The quantitative estimate of drug-likeness (QED) is 0.397. The fourth-order valence-corrected chi connectivity index (χ4v) is 3.82. The van der Waals surface area contributed by atoms with E-state index in [1.165, 1.54) is 7.11 Å². The molecule has 172 valence electrons. The summed E-state index contributed by atoms with van der Waals surface area (Å²) < 4.78 is 22.3. The molecule has 0 spiro atoms. The minimum Gasteiger partial charge on any atom is -0.496 e. The van der Waals surface area contributed by atoms with E-state index in [0.29, 0.717) is 35.0 Å². The number of allylic oxidation sites excluding steroid dienone is 1. The number of nitriles is 1. The summed E-state index contributed by atoms with van der Waals surface area (Å²) in [5.41, 5.74) is 8.29. The molecular weight excluding hydrogens is 432 g/mol. The highest BCUT2D eigenvalue weighted by molar-refractivity contribution is 5.94. The van der Waals surface area contributed by atoms with Gasteiger partial charge in [-0.1, -0.05) is 37.3 Å². The molecule has 34 heavy (non-hydrogen) atoms. The van der Waals surface area contributed by atoms with E-state index in [2.05, 4.69) is 6.07 Å². The van der Waals surface area contributed by atoms with Crippen LogP contribution in [0.4, 0.5) is 0 Å². The summed E-state index contributed by atoms with van der Waals surface area (Å²) in [5.74, 6) is 0.814. The third-order valence-corrected chi connectivity index (χ3v) is 5.39. The van der Waals surface area contributed by atoms with E-state index < -0.39 is 11.9 Å². The SMILES string of the molecule is CCCOc1cccc(C2C(C#N)=C(N)Oc3cc(OC(=O)c4ccccc4OC)ccc32)c1. The van der Waals surface area contributed by atoms with Gasteiger partial charge in [0.15, 0.2) is 0 Å². The Morgan fingerprint density at radius 3 is 2.68 bits per heavy atom. The van der Waals surface area contributed by atoms with Crippen LogP contribution < -0.4 is 24.7 Å². The predicted molar refractivity (Wildman–Crippen MR) is 126 cm³/mol. The van der Waals surface area contributed by atoms with E-state index in [4.69, 9.17) is 24.7 Å². The molecule has 7 nitrogen and oxygen atoms in total. The third kappa shape index (κ3) is 4.52. The summed E-state index contributed by atoms with van der Waals surface area (Å²) in [7, 11) is 1.49. The number of methoxy groups -OCH3 is 1. The minimum atomic E-state index is -0.563. The largest absolute Gasteiger partial charge is 0.496 e. The summed E-state index contributed by atoms with van der Waals surface area (Å²) in [6, 6.07) is 21.6. The van der Waals surface area contributed by atoms with Crippen LogP contribution in [0.15, 0.2) is 78.2 Å². The maximum Gasteiger partial charge on any atom is 0.347 e. The van der Waals surface area contributed by atoms with E-state index in [0.717, 1.165) is 17.5 Å². The van der Waals surface area contributed by atoms with Crippen molar-refractivity contribution in [3.8, 4) is 29.1 Å². The monoisotopic (exact) mass is 456 g/mol. The Kier molecular flexibility index (Phi) is 6.69. The van der Waals surface area contributed by atoms with Crippen molar-refractivity contribution >= 4 is 5.97 Å². The van der Waals surface area contributed by atoms with Gasteiger partial charge < -0.3 is 24.7 Å². The van der Waals surface area contributed by atoms with Crippen molar-refractivity contribution in [3.63, 3.8) is 0 Å². The molecule has 0 aliphatic carbocycles. The second-order valence-corrected chi connectivity index (χ2v) is 7.64. The number of nitrogens with zero attached hydrogens (tertiary/aromatic N) is 1. The van der Waals surface area contributed by atoms with Crippen LogP contribution in [0.2, 0.25) is 0 Å². The number of esters is 1. The normalized spacial score (nSPS) is 14.4. The Bertz CT molecular complexity index is 1290. The fraction of sp³-hybridized carbons (Fsp3) is 0.185. The van der Waals surface area contributed by atoms with Gasteiger partial charge in [0.25, 0.3) is 0 Å². The molecule has 2 N–H and O–H groups in total. The Balaban J connectivity index is 1.68. The zero-order valence-corrected chi connectivity index (χ0v) is 18.9. The predicted octanol–water partition coefficient (Wildman–Crippen LogP) is 4.92. The summed E-state index contributed by atoms with van der Waals surface area (Å²) >= 11 is 0. The van der Waals surface area contributed by atoms with Crippen molar-refractivity contribution in [2.75, 3.05) is 13.7 Å². The average molecular weight is 456 g/mol. The standard InChI is InChI=1S/C27H24N2O5/c1-3-13-32-18-8-6-7-17(14-18)25-20-12-11-19(15-24(20)34-26(29)22(25)16-28)33-27(30)21-9-4-5-10-23(21)31-2/h4-12,14-15,25H,3,13,29H2,1-2H3. The van der Waals surface area contributed by atoms with Crippen LogP contribution in [0.5, 0.6) is 23.0 Å². The first-order valence-corrected chi connectivity index (χ1v) is 10.8. The van der Waals surface area contributed by atoms with E-state index >= 15 is 0 Å².